The molecule has 1 aliphatic heterocycles. The van der Waals surface area contributed by atoms with Gasteiger partial charge in [0.2, 0.25) is 11.8 Å². The summed E-state index contributed by atoms with van der Waals surface area (Å²) in [4.78, 5) is 28.9. The van der Waals surface area contributed by atoms with Gasteiger partial charge >= 0.3 is 0 Å². The van der Waals surface area contributed by atoms with Crippen molar-refractivity contribution in [2.45, 2.75) is 56.1 Å². The maximum atomic E-state index is 14.1. The van der Waals surface area contributed by atoms with E-state index in [0.29, 0.717) is 35.3 Å². The summed E-state index contributed by atoms with van der Waals surface area (Å²) < 4.78 is 40.3. The quantitative estimate of drug-likeness (QED) is 0.354. The van der Waals surface area contributed by atoms with Gasteiger partial charge in [0.1, 0.15) is 25.8 Å². The fourth-order valence-electron chi connectivity index (χ4n) is 5.22. The number of nitrogens with zero attached hydrogens (tertiary/aromatic N) is 2. The lowest BCUT2D eigenvalue weighted by Gasteiger charge is -2.33. The molecule has 1 saturated carbocycles. The SMILES string of the molecule is CC(C(=O)NC1CCCC1)N(Cc1ccccc1Cl)C(=O)CN(c1ccc2c(c1)OCCO2)S(=O)(=O)c1ccccc1. The lowest BCUT2D eigenvalue weighted by Crippen LogP contribution is -2.52. The molecule has 1 fully saturated rings. The van der Waals surface area contributed by atoms with E-state index in [1.807, 2.05) is 0 Å². The number of rotatable bonds is 10. The number of amides is 2. The first-order valence-electron chi connectivity index (χ1n) is 14.0. The van der Waals surface area contributed by atoms with Crippen LogP contribution in [0.2, 0.25) is 5.02 Å². The van der Waals surface area contributed by atoms with E-state index >= 15 is 0 Å². The number of carbonyl (C=O) groups is 2. The molecular formula is C31H34ClN3O6S. The van der Waals surface area contributed by atoms with Crippen molar-refractivity contribution in [3.05, 3.63) is 83.4 Å². The van der Waals surface area contributed by atoms with Crippen LogP contribution in [0, 0.1) is 0 Å². The Labute approximate surface area is 251 Å². The summed E-state index contributed by atoms with van der Waals surface area (Å²) in [6, 6.07) is 18.9. The van der Waals surface area contributed by atoms with Gasteiger partial charge in [-0.25, -0.2) is 8.42 Å². The van der Waals surface area contributed by atoms with Gasteiger partial charge in [0.05, 0.1) is 10.6 Å². The molecular weight excluding hydrogens is 578 g/mol. The number of carbonyl (C=O) groups excluding carboxylic acids is 2. The molecule has 0 radical (unpaired) electrons. The molecule has 3 aromatic carbocycles. The molecule has 0 spiro atoms. The Balaban J connectivity index is 1.50. The van der Waals surface area contributed by atoms with Crippen LogP contribution in [0.1, 0.15) is 38.2 Å². The van der Waals surface area contributed by atoms with Crippen molar-refractivity contribution in [1.29, 1.82) is 0 Å². The first-order valence-corrected chi connectivity index (χ1v) is 15.9. The van der Waals surface area contributed by atoms with Crippen molar-refractivity contribution in [2.24, 2.45) is 0 Å². The predicted molar refractivity (Wildman–Crippen MR) is 160 cm³/mol. The molecule has 222 valence electrons. The first-order chi connectivity index (χ1) is 20.2. The van der Waals surface area contributed by atoms with Gasteiger partial charge in [-0.05, 0) is 55.7 Å². The summed E-state index contributed by atoms with van der Waals surface area (Å²) in [6.45, 7) is 1.83. The Hall–Kier alpha value is -3.76. The summed E-state index contributed by atoms with van der Waals surface area (Å²) in [5.74, 6) is 0.0279. The van der Waals surface area contributed by atoms with Gasteiger partial charge in [-0.3, -0.25) is 13.9 Å². The molecule has 0 aromatic heterocycles. The summed E-state index contributed by atoms with van der Waals surface area (Å²) in [7, 11) is -4.19. The second-order valence-corrected chi connectivity index (χ2v) is 12.7. The predicted octanol–water partition coefficient (Wildman–Crippen LogP) is 4.78. The summed E-state index contributed by atoms with van der Waals surface area (Å²) in [6.07, 6.45) is 3.88. The van der Waals surface area contributed by atoms with Crippen molar-refractivity contribution in [2.75, 3.05) is 24.1 Å². The van der Waals surface area contributed by atoms with Crippen molar-refractivity contribution < 1.29 is 27.5 Å². The molecule has 1 N–H and O–H groups in total. The van der Waals surface area contributed by atoms with Crippen LogP contribution < -0.4 is 19.1 Å². The molecule has 2 amide bonds. The fraction of sp³-hybridized carbons (Fsp3) is 0.355. The van der Waals surface area contributed by atoms with Crippen LogP contribution in [-0.2, 0) is 26.2 Å². The molecule has 3 aromatic rings. The zero-order chi connectivity index (χ0) is 29.7. The molecule has 9 nitrogen and oxygen atoms in total. The van der Waals surface area contributed by atoms with Crippen LogP contribution in [0.4, 0.5) is 5.69 Å². The highest BCUT2D eigenvalue weighted by Gasteiger charge is 2.34. The summed E-state index contributed by atoms with van der Waals surface area (Å²) in [5.41, 5.74) is 0.877. The third-order valence-corrected chi connectivity index (χ3v) is 9.75. The number of fused-ring (bicyclic) bond motifs is 1. The highest BCUT2D eigenvalue weighted by Crippen LogP contribution is 2.36. The van der Waals surface area contributed by atoms with E-state index in [4.69, 9.17) is 21.1 Å². The minimum Gasteiger partial charge on any atom is -0.486 e. The number of ether oxygens (including phenoxy) is 2. The van der Waals surface area contributed by atoms with Gasteiger partial charge in [-0.2, -0.15) is 0 Å². The van der Waals surface area contributed by atoms with Crippen LogP contribution in [0.15, 0.2) is 77.7 Å². The third-order valence-electron chi connectivity index (χ3n) is 7.59. The molecule has 1 unspecified atom stereocenters. The van der Waals surface area contributed by atoms with Gasteiger partial charge < -0.3 is 19.7 Å². The molecule has 0 saturated heterocycles. The largest absolute Gasteiger partial charge is 0.486 e. The second-order valence-electron chi connectivity index (χ2n) is 10.4. The Morgan fingerprint density at radius 1 is 0.952 bits per heavy atom. The highest BCUT2D eigenvalue weighted by atomic mass is 35.5. The van der Waals surface area contributed by atoms with Crippen LogP contribution in [0.5, 0.6) is 11.5 Å². The van der Waals surface area contributed by atoms with Gasteiger partial charge in [0.25, 0.3) is 10.0 Å². The fourth-order valence-corrected chi connectivity index (χ4v) is 6.84. The standard InChI is InChI=1S/C31H34ClN3O6S/c1-22(31(37)33-24-10-6-7-11-24)34(20-23-9-5-8-14-27(23)32)30(36)21-35(42(38,39)26-12-3-2-4-13-26)25-15-16-28-29(19-25)41-18-17-40-28/h2-5,8-9,12-16,19,22,24H,6-7,10-11,17-18,20-21H2,1H3,(H,33,37). The molecule has 1 atom stereocenters. The monoisotopic (exact) mass is 611 g/mol. The number of hydrogen-bond acceptors (Lipinski definition) is 6. The minimum atomic E-state index is -4.19. The zero-order valence-electron chi connectivity index (χ0n) is 23.4. The molecule has 1 heterocycles. The summed E-state index contributed by atoms with van der Waals surface area (Å²) in [5, 5.41) is 3.51. The number of halogens is 1. The normalized spacial score (nSPS) is 15.6. The molecule has 2 aliphatic rings. The van der Waals surface area contributed by atoms with Crippen molar-refractivity contribution in [3.63, 3.8) is 0 Å². The Morgan fingerprint density at radius 2 is 1.62 bits per heavy atom. The second kappa shape index (κ2) is 13.0. The van der Waals surface area contributed by atoms with E-state index in [1.54, 1.807) is 67.6 Å². The Morgan fingerprint density at radius 3 is 2.33 bits per heavy atom. The molecule has 0 bridgehead atoms. The van der Waals surface area contributed by atoms with Crippen LogP contribution in [-0.4, -0.2) is 57.0 Å². The number of benzene rings is 3. The highest BCUT2D eigenvalue weighted by molar-refractivity contribution is 7.92. The molecule has 1 aliphatic carbocycles. The van der Waals surface area contributed by atoms with E-state index in [1.165, 1.54) is 17.0 Å². The Bertz CT molecular complexity index is 1530. The molecule has 11 heteroatoms. The van der Waals surface area contributed by atoms with E-state index in [-0.39, 0.29) is 29.1 Å². The number of anilines is 1. The minimum absolute atomic E-state index is 0.0253. The van der Waals surface area contributed by atoms with Gasteiger partial charge in [0.15, 0.2) is 11.5 Å². The Kier molecular flexibility index (Phi) is 9.23. The van der Waals surface area contributed by atoms with Crippen LogP contribution >= 0.6 is 11.6 Å². The maximum Gasteiger partial charge on any atom is 0.264 e. The number of sulfonamides is 1. The van der Waals surface area contributed by atoms with Gasteiger partial charge in [-0.1, -0.05) is 60.8 Å². The zero-order valence-corrected chi connectivity index (χ0v) is 24.9. The average Bonchev–Trinajstić information content (AvgIpc) is 3.52. The number of nitrogens with one attached hydrogen (secondary N) is 1. The van der Waals surface area contributed by atoms with E-state index in [9.17, 15) is 18.0 Å². The molecule has 5 rings (SSSR count). The number of hydrogen-bond donors (Lipinski definition) is 1. The summed E-state index contributed by atoms with van der Waals surface area (Å²) >= 11 is 6.45. The van der Waals surface area contributed by atoms with Crippen molar-refractivity contribution in [3.8, 4) is 11.5 Å². The molecule has 42 heavy (non-hydrogen) atoms. The van der Waals surface area contributed by atoms with E-state index in [0.717, 1.165) is 30.0 Å². The lowest BCUT2D eigenvalue weighted by molar-refractivity contribution is -0.139. The first kappa shape index (κ1) is 29.7. The third kappa shape index (κ3) is 6.65. The van der Waals surface area contributed by atoms with Gasteiger partial charge in [-0.15, -0.1) is 0 Å². The van der Waals surface area contributed by atoms with Gasteiger partial charge in [0, 0.05) is 23.7 Å². The average molecular weight is 612 g/mol. The van der Waals surface area contributed by atoms with Crippen LogP contribution in [0.3, 0.4) is 0 Å². The lowest BCUT2D eigenvalue weighted by atomic mass is 10.1. The van der Waals surface area contributed by atoms with Crippen molar-refractivity contribution in [1.82, 2.24) is 10.2 Å². The van der Waals surface area contributed by atoms with Crippen molar-refractivity contribution >= 4 is 39.1 Å². The van der Waals surface area contributed by atoms with E-state index in [2.05, 4.69) is 5.32 Å². The maximum absolute atomic E-state index is 14.1. The van der Waals surface area contributed by atoms with Crippen LogP contribution in [0.25, 0.3) is 0 Å². The topological polar surface area (TPSA) is 105 Å². The smallest absolute Gasteiger partial charge is 0.264 e. The van der Waals surface area contributed by atoms with E-state index < -0.39 is 28.5 Å².